The summed E-state index contributed by atoms with van der Waals surface area (Å²) in [6, 6.07) is 6.58. The van der Waals surface area contributed by atoms with Gasteiger partial charge < -0.3 is 19.3 Å². The fourth-order valence-corrected chi connectivity index (χ4v) is 3.65. The van der Waals surface area contributed by atoms with E-state index in [1.54, 1.807) is 24.3 Å². The van der Waals surface area contributed by atoms with Crippen LogP contribution in [0.3, 0.4) is 0 Å². The number of halogens is 1. The zero-order valence-electron chi connectivity index (χ0n) is 15.9. The lowest BCUT2D eigenvalue weighted by Gasteiger charge is -2.21. The Labute approximate surface area is 170 Å². The van der Waals surface area contributed by atoms with Gasteiger partial charge in [0.15, 0.2) is 8.03 Å². The fraction of sp³-hybridized carbons (Fsp3) is 0.579. The summed E-state index contributed by atoms with van der Waals surface area (Å²) in [6.07, 6.45) is 4.54. The van der Waals surface area contributed by atoms with Crippen LogP contribution in [0.5, 0.6) is 0 Å². The van der Waals surface area contributed by atoms with Crippen molar-refractivity contribution in [2.45, 2.75) is 44.6 Å². The number of benzene rings is 1. The number of carbonyl (C=O) groups excluding carboxylic acids is 2. The molecule has 1 aromatic rings. The molecule has 7 nitrogen and oxygen atoms in total. The highest BCUT2D eigenvalue weighted by atomic mass is 35.5. The van der Waals surface area contributed by atoms with Gasteiger partial charge in [0.1, 0.15) is 0 Å². The van der Waals surface area contributed by atoms with Crippen LogP contribution in [0.2, 0.25) is 5.02 Å². The summed E-state index contributed by atoms with van der Waals surface area (Å²) in [6.45, 7) is 1.30. The highest BCUT2D eigenvalue weighted by Crippen LogP contribution is 2.25. The third-order valence-corrected chi connectivity index (χ3v) is 5.47. The van der Waals surface area contributed by atoms with E-state index in [4.69, 9.17) is 25.6 Å². The van der Waals surface area contributed by atoms with Crippen LogP contribution in [0.15, 0.2) is 24.3 Å². The standard InChI is InChI=1S/C19H27ClNO6P/c1-28(24)27-12-11-17(14-7-9-16(20)10-8-14)21-19(23)26-13-25-18(22)15-5-3-2-4-6-15/h7-10,15,17,28H,2-6,11-13H2,1H3,(H,21,23). The molecule has 0 radical (unpaired) electrons. The van der Waals surface area contributed by atoms with Crippen molar-refractivity contribution in [2.24, 2.45) is 5.92 Å². The van der Waals surface area contributed by atoms with Crippen molar-refractivity contribution in [1.29, 1.82) is 0 Å². The van der Waals surface area contributed by atoms with E-state index in [1.165, 1.54) is 6.66 Å². The molecule has 9 heteroatoms. The van der Waals surface area contributed by atoms with Gasteiger partial charge in [0.2, 0.25) is 6.79 Å². The monoisotopic (exact) mass is 431 g/mol. The molecule has 0 aliphatic heterocycles. The van der Waals surface area contributed by atoms with E-state index < -0.39 is 27.0 Å². The zero-order valence-corrected chi connectivity index (χ0v) is 17.7. The highest BCUT2D eigenvalue weighted by molar-refractivity contribution is 7.38. The summed E-state index contributed by atoms with van der Waals surface area (Å²) in [5.74, 6) is -0.417. The van der Waals surface area contributed by atoms with Crippen LogP contribution in [0.1, 0.15) is 50.1 Å². The Morgan fingerprint density at radius 1 is 1.18 bits per heavy atom. The summed E-state index contributed by atoms with van der Waals surface area (Å²) in [7, 11) is -2.05. The molecular formula is C19H27ClNO6P. The molecule has 156 valence electrons. The van der Waals surface area contributed by atoms with Crippen LogP contribution in [-0.4, -0.2) is 32.1 Å². The SMILES string of the molecule is C[PH](=O)OCCC(NC(=O)OCOC(=O)C1CCCCC1)c1ccc(Cl)cc1. The summed E-state index contributed by atoms with van der Waals surface area (Å²) in [5.41, 5.74) is 0.805. The van der Waals surface area contributed by atoms with Crippen LogP contribution >= 0.6 is 19.6 Å². The molecule has 1 fully saturated rings. The first-order chi connectivity index (χ1) is 13.5. The van der Waals surface area contributed by atoms with E-state index in [0.29, 0.717) is 11.4 Å². The number of alkyl carbamates (subject to hydrolysis) is 1. The molecule has 0 aromatic heterocycles. The van der Waals surface area contributed by atoms with E-state index in [2.05, 4.69) is 5.32 Å². The van der Waals surface area contributed by atoms with Gasteiger partial charge in [-0.05, 0) is 37.0 Å². The predicted molar refractivity (Wildman–Crippen MR) is 107 cm³/mol. The molecule has 28 heavy (non-hydrogen) atoms. The topological polar surface area (TPSA) is 90.9 Å². The number of amides is 1. The number of nitrogens with one attached hydrogen (secondary N) is 1. The minimum absolute atomic E-state index is 0.100. The molecular weight excluding hydrogens is 405 g/mol. The predicted octanol–water partition coefficient (Wildman–Crippen LogP) is 4.70. The molecule has 0 spiro atoms. The van der Waals surface area contributed by atoms with Crippen LogP contribution in [-0.2, 0) is 23.4 Å². The summed E-state index contributed by atoms with van der Waals surface area (Å²) >= 11 is 5.91. The quantitative estimate of drug-likeness (QED) is 0.346. The molecule has 1 aliphatic rings. The third-order valence-electron chi connectivity index (χ3n) is 4.61. The van der Waals surface area contributed by atoms with Crippen molar-refractivity contribution in [1.82, 2.24) is 5.32 Å². The second-order valence-electron chi connectivity index (χ2n) is 6.73. The second-order valence-corrected chi connectivity index (χ2v) is 8.43. The lowest BCUT2D eigenvalue weighted by atomic mass is 9.89. The maximum Gasteiger partial charge on any atom is 0.410 e. The van der Waals surface area contributed by atoms with E-state index in [1.807, 2.05) is 0 Å². The normalized spacial score (nSPS) is 16.8. The maximum absolute atomic E-state index is 12.1. The molecule has 0 saturated heterocycles. The van der Waals surface area contributed by atoms with E-state index in [0.717, 1.165) is 37.7 Å². The fourth-order valence-electron chi connectivity index (χ4n) is 3.12. The van der Waals surface area contributed by atoms with Crippen molar-refractivity contribution in [3.63, 3.8) is 0 Å². The number of hydrogen-bond donors (Lipinski definition) is 1. The summed E-state index contributed by atoms with van der Waals surface area (Å²) < 4.78 is 26.3. The summed E-state index contributed by atoms with van der Waals surface area (Å²) in [4.78, 5) is 24.1. The molecule has 1 N–H and O–H groups in total. The summed E-state index contributed by atoms with van der Waals surface area (Å²) in [5, 5.41) is 3.29. The first-order valence-corrected chi connectivity index (χ1v) is 11.6. The van der Waals surface area contributed by atoms with Gasteiger partial charge in [-0.3, -0.25) is 9.36 Å². The van der Waals surface area contributed by atoms with Crippen LogP contribution < -0.4 is 5.32 Å². The van der Waals surface area contributed by atoms with Gasteiger partial charge in [0.25, 0.3) is 0 Å². The Balaban J connectivity index is 1.82. The lowest BCUT2D eigenvalue weighted by molar-refractivity contribution is -0.158. The third kappa shape index (κ3) is 8.21. The van der Waals surface area contributed by atoms with Crippen LogP contribution in [0, 0.1) is 5.92 Å². The van der Waals surface area contributed by atoms with Gasteiger partial charge in [-0.2, -0.15) is 0 Å². The Morgan fingerprint density at radius 3 is 2.50 bits per heavy atom. The van der Waals surface area contributed by atoms with Crippen molar-refractivity contribution >= 4 is 31.7 Å². The van der Waals surface area contributed by atoms with Gasteiger partial charge in [-0.25, -0.2) is 4.79 Å². The molecule has 2 rings (SSSR count). The number of carbonyl (C=O) groups is 2. The van der Waals surface area contributed by atoms with Gasteiger partial charge in [0.05, 0.1) is 18.6 Å². The average molecular weight is 432 g/mol. The van der Waals surface area contributed by atoms with Gasteiger partial charge in [0, 0.05) is 11.7 Å². The molecule has 0 bridgehead atoms. The Morgan fingerprint density at radius 2 is 1.86 bits per heavy atom. The molecule has 2 unspecified atom stereocenters. The average Bonchev–Trinajstić information content (AvgIpc) is 2.68. The molecule has 0 heterocycles. The number of hydrogen-bond acceptors (Lipinski definition) is 6. The minimum atomic E-state index is -2.05. The first kappa shape index (κ1) is 22.7. The van der Waals surface area contributed by atoms with E-state index in [-0.39, 0.29) is 18.5 Å². The molecule has 2 atom stereocenters. The van der Waals surface area contributed by atoms with Crippen LogP contribution in [0.25, 0.3) is 0 Å². The minimum Gasteiger partial charge on any atom is -0.428 e. The van der Waals surface area contributed by atoms with Crippen molar-refractivity contribution in [2.75, 3.05) is 20.1 Å². The number of ether oxygens (including phenoxy) is 2. The van der Waals surface area contributed by atoms with E-state index in [9.17, 15) is 14.2 Å². The number of esters is 1. The zero-order chi connectivity index (χ0) is 20.4. The van der Waals surface area contributed by atoms with Gasteiger partial charge in [-0.15, -0.1) is 0 Å². The molecule has 1 aliphatic carbocycles. The van der Waals surface area contributed by atoms with Gasteiger partial charge >= 0.3 is 12.1 Å². The van der Waals surface area contributed by atoms with Crippen LogP contribution in [0.4, 0.5) is 4.79 Å². The first-order valence-electron chi connectivity index (χ1n) is 9.44. The van der Waals surface area contributed by atoms with Gasteiger partial charge in [-0.1, -0.05) is 43.0 Å². The molecule has 1 aromatic carbocycles. The highest BCUT2D eigenvalue weighted by Gasteiger charge is 2.23. The van der Waals surface area contributed by atoms with E-state index >= 15 is 0 Å². The Hall–Kier alpha value is -1.56. The Kier molecular flexibility index (Phi) is 9.82. The largest absolute Gasteiger partial charge is 0.428 e. The van der Waals surface area contributed by atoms with Crippen molar-refractivity contribution in [3.8, 4) is 0 Å². The van der Waals surface area contributed by atoms with Crippen molar-refractivity contribution < 1.29 is 28.2 Å². The lowest BCUT2D eigenvalue weighted by Crippen LogP contribution is -2.31. The Bertz CT molecular complexity index is 663. The number of rotatable bonds is 9. The molecule has 1 saturated carbocycles. The maximum atomic E-state index is 12.1. The second kappa shape index (κ2) is 12.1. The molecule has 1 amide bonds. The van der Waals surface area contributed by atoms with Crippen molar-refractivity contribution in [3.05, 3.63) is 34.9 Å². The smallest absolute Gasteiger partial charge is 0.410 e.